The average molecular weight is 373 g/mol. The summed E-state index contributed by atoms with van der Waals surface area (Å²) >= 11 is 0. The van der Waals surface area contributed by atoms with Gasteiger partial charge < -0.3 is 19.4 Å². The lowest BCUT2D eigenvalue weighted by Gasteiger charge is -2.24. The summed E-state index contributed by atoms with van der Waals surface area (Å²) in [6.45, 7) is 3.65. The second-order valence-electron chi connectivity index (χ2n) is 6.49. The number of nitrogens with one attached hydrogen (secondary N) is 1. The largest absolute Gasteiger partial charge is 0.497 e. The van der Waals surface area contributed by atoms with E-state index in [-0.39, 0.29) is 6.03 Å². The molecule has 1 aliphatic heterocycles. The molecule has 8 heteroatoms. The van der Waals surface area contributed by atoms with E-state index in [9.17, 15) is 4.79 Å². The Kier molecular flexibility index (Phi) is 6.16. The molecule has 3 rings (SSSR count). The highest BCUT2D eigenvalue weighted by molar-refractivity contribution is 5.92. The van der Waals surface area contributed by atoms with Crippen LogP contribution in [0.4, 0.5) is 10.5 Å². The number of fused-ring (bicyclic) bond motifs is 1. The molecule has 2 aromatic rings. The summed E-state index contributed by atoms with van der Waals surface area (Å²) < 4.78 is 12.9. The van der Waals surface area contributed by atoms with Gasteiger partial charge in [0.1, 0.15) is 17.3 Å². The third-order valence-corrected chi connectivity index (χ3v) is 4.71. The van der Waals surface area contributed by atoms with Crippen LogP contribution in [0.1, 0.15) is 37.8 Å². The maximum Gasteiger partial charge on any atom is 0.322 e. The maximum atomic E-state index is 12.8. The maximum absolute atomic E-state index is 12.8. The molecule has 8 nitrogen and oxygen atoms in total. The Labute approximate surface area is 159 Å². The van der Waals surface area contributed by atoms with Gasteiger partial charge in [0.05, 0.1) is 26.5 Å². The zero-order valence-electron chi connectivity index (χ0n) is 16.2. The second kappa shape index (κ2) is 8.75. The molecule has 0 atom stereocenters. The van der Waals surface area contributed by atoms with E-state index >= 15 is 0 Å². The average Bonchev–Trinajstić information content (AvgIpc) is 2.91. The van der Waals surface area contributed by atoms with Crippen LogP contribution in [-0.4, -0.2) is 41.6 Å². The molecule has 0 aliphatic carbocycles. The number of hydrogen-bond acceptors (Lipinski definition) is 5. The van der Waals surface area contributed by atoms with Gasteiger partial charge in [-0.25, -0.2) is 4.79 Å². The molecule has 0 saturated heterocycles. The first-order valence-electron chi connectivity index (χ1n) is 9.35. The zero-order chi connectivity index (χ0) is 19.2. The Bertz CT molecular complexity index is 767. The van der Waals surface area contributed by atoms with Crippen LogP contribution in [0, 0.1) is 0 Å². The first kappa shape index (κ1) is 19.0. The lowest BCUT2D eigenvalue weighted by Crippen LogP contribution is -2.40. The normalized spacial score (nSPS) is 13.4. The summed E-state index contributed by atoms with van der Waals surface area (Å²) in [6.07, 6.45) is 4.36. The van der Waals surface area contributed by atoms with Gasteiger partial charge >= 0.3 is 6.03 Å². The zero-order valence-corrected chi connectivity index (χ0v) is 16.2. The van der Waals surface area contributed by atoms with Crippen LogP contribution in [0.3, 0.4) is 0 Å². The van der Waals surface area contributed by atoms with Crippen molar-refractivity contribution in [1.82, 2.24) is 20.1 Å². The summed E-state index contributed by atoms with van der Waals surface area (Å²) in [6, 6.07) is 5.22. The Morgan fingerprint density at radius 3 is 2.56 bits per heavy atom. The Morgan fingerprint density at radius 1 is 1.15 bits per heavy atom. The van der Waals surface area contributed by atoms with Gasteiger partial charge in [0, 0.05) is 37.7 Å². The summed E-state index contributed by atoms with van der Waals surface area (Å²) in [5.74, 6) is 3.04. The number of anilines is 1. The third kappa shape index (κ3) is 4.32. The van der Waals surface area contributed by atoms with Crippen LogP contribution in [0.15, 0.2) is 18.2 Å². The van der Waals surface area contributed by atoms with Gasteiger partial charge in [-0.1, -0.05) is 6.42 Å². The van der Waals surface area contributed by atoms with E-state index in [0.29, 0.717) is 30.3 Å². The minimum Gasteiger partial charge on any atom is -0.497 e. The molecule has 0 spiro atoms. The van der Waals surface area contributed by atoms with Crippen molar-refractivity contribution in [1.29, 1.82) is 0 Å². The highest BCUT2D eigenvalue weighted by Gasteiger charge is 2.22. The molecular formula is C19H27N5O3. The fourth-order valence-electron chi connectivity index (χ4n) is 3.28. The van der Waals surface area contributed by atoms with Crippen molar-refractivity contribution in [3.8, 4) is 11.5 Å². The molecule has 0 fully saturated rings. The van der Waals surface area contributed by atoms with E-state index in [1.165, 1.54) is 6.42 Å². The molecule has 27 heavy (non-hydrogen) atoms. The predicted octanol–water partition coefficient (Wildman–Crippen LogP) is 2.76. The van der Waals surface area contributed by atoms with E-state index in [4.69, 9.17) is 9.47 Å². The van der Waals surface area contributed by atoms with Gasteiger partial charge in [-0.3, -0.25) is 4.90 Å². The number of amides is 2. The fourth-order valence-corrected chi connectivity index (χ4v) is 3.28. The topological polar surface area (TPSA) is 81.5 Å². The van der Waals surface area contributed by atoms with Crippen molar-refractivity contribution >= 4 is 11.7 Å². The monoisotopic (exact) mass is 373 g/mol. The van der Waals surface area contributed by atoms with Crippen molar-refractivity contribution in [3.63, 3.8) is 0 Å². The molecule has 1 N–H and O–H groups in total. The highest BCUT2D eigenvalue weighted by atomic mass is 16.5. The van der Waals surface area contributed by atoms with Crippen LogP contribution in [0.25, 0.3) is 0 Å². The van der Waals surface area contributed by atoms with Crippen LogP contribution in [0.2, 0.25) is 0 Å². The molecule has 0 radical (unpaired) electrons. The molecule has 0 unspecified atom stereocenters. The van der Waals surface area contributed by atoms with Crippen molar-refractivity contribution in [2.45, 2.75) is 45.7 Å². The van der Waals surface area contributed by atoms with Crippen LogP contribution in [0.5, 0.6) is 11.5 Å². The summed E-state index contributed by atoms with van der Waals surface area (Å²) in [4.78, 5) is 14.4. The fraction of sp³-hybridized carbons (Fsp3) is 0.526. The molecule has 1 aromatic heterocycles. The Morgan fingerprint density at radius 2 is 1.89 bits per heavy atom. The number of nitrogens with zero attached hydrogens (tertiary/aromatic N) is 4. The van der Waals surface area contributed by atoms with E-state index in [1.54, 1.807) is 25.2 Å². The van der Waals surface area contributed by atoms with E-state index in [2.05, 4.69) is 20.1 Å². The number of benzene rings is 1. The van der Waals surface area contributed by atoms with E-state index < -0.39 is 0 Å². The van der Waals surface area contributed by atoms with Gasteiger partial charge in [-0.15, -0.1) is 10.2 Å². The lowest BCUT2D eigenvalue weighted by molar-refractivity contribution is 0.246. The minimum absolute atomic E-state index is 0.196. The number of urea groups is 1. The molecule has 2 heterocycles. The minimum atomic E-state index is -0.196. The van der Waals surface area contributed by atoms with Gasteiger partial charge in [0.2, 0.25) is 0 Å². The van der Waals surface area contributed by atoms with Crippen LogP contribution in [-0.2, 0) is 19.5 Å². The summed E-state index contributed by atoms with van der Waals surface area (Å²) in [7, 11) is 3.18. The standard InChI is InChI=1S/C19H27N5O3/c1-4-20-19(25)24(14-10-15(26-2)12-16(11-14)27-3)13-18-22-21-17-8-6-5-7-9-23(17)18/h10-12H,4-9,13H2,1-3H3,(H,20,25). The molecule has 146 valence electrons. The van der Waals surface area contributed by atoms with Gasteiger partial charge in [0.15, 0.2) is 5.82 Å². The van der Waals surface area contributed by atoms with Crippen molar-refractivity contribution in [2.24, 2.45) is 0 Å². The molecule has 1 aliphatic rings. The molecular weight excluding hydrogens is 346 g/mol. The van der Waals surface area contributed by atoms with Gasteiger partial charge in [-0.2, -0.15) is 0 Å². The highest BCUT2D eigenvalue weighted by Crippen LogP contribution is 2.29. The Balaban J connectivity index is 1.95. The van der Waals surface area contributed by atoms with Crippen molar-refractivity contribution in [3.05, 3.63) is 29.8 Å². The first-order chi connectivity index (χ1) is 13.2. The quantitative estimate of drug-likeness (QED) is 0.842. The Hall–Kier alpha value is -2.77. The van der Waals surface area contributed by atoms with Crippen LogP contribution < -0.4 is 19.7 Å². The number of rotatable bonds is 6. The number of aromatic nitrogens is 3. The summed E-state index contributed by atoms with van der Waals surface area (Å²) in [5, 5.41) is 11.6. The molecule has 0 bridgehead atoms. The van der Waals surface area contributed by atoms with Gasteiger partial charge in [0.25, 0.3) is 0 Å². The first-order valence-corrected chi connectivity index (χ1v) is 9.35. The molecule has 2 amide bonds. The number of carbonyl (C=O) groups is 1. The molecule has 0 saturated carbocycles. The number of aryl methyl sites for hydroxylation is 1. The second-order valence-corrected chi connectivity index (χ2v) is 6.49. The smallest absolute Gasteiger partial charge is 0.322 e. The van der Waals surface area contributed by atoms with E-state index in [0.717, 1.165) is 37.5 Å². The van der Waals surface area contributed by atoms with Crippen LogP contribution >= 0.6 is 0 Å². The lowest BCUT2D eigenvalue weighted by atomic mass is 10.2. The number of carbonyl (C=O) groups excluding carboxylic acids is 1. The van der Waals surface area contributed by atoms with Gasteiger partial charge in [-0.05, 0) is 19.8 Å². The summed E-state index contributed by atoms with van der Waals surface area (Å²) in [5.41, 5.74) is 0.683. The SMILES string of the molecule is CCNC(=O)N(Cc1nnc2n1CCCCC2)c1cc(OC)cc(OC)c1. The number of hydrogen-bond donors (Lipinski definition) is 1. The van der Waals surface area contributed by atoms with Crippen molar-refractivity contribution < 1.29 is 14.3 Å². The molecule has 1 aromatic carbocycles. The van der Waals surface area contributed by atoms with Crippen molar-refractivity contribution in [2.75, 3.05) is 25.7 Å². The third-order valence-electron chi connectivity index (χ3n) is 4.71. The predicted molar refractivity (Wildman–Crippen MR) is 102 cm³/mol. The number of methoxy groups -OCH3 is 2. The van der Waals surface area contributed by atoms with E-state index in [1.807, 2.05) is 19.1 Å². The number of ether oxygens (including phenoxy) is 2.